The Balaban J connectivity index is 2.27. The van der Waals surface area contributed by atoms with Crippen LogP contribution < -0.4 is 5.32 Å². The fourth-order valence-corrected chi connectivity index (χ4v) is 3.23. The van der Waals surface area contributed by atoms with Gasteiger partial charge in [0.05, 0.1) is 17.9 Å². The fourth-order valence-electron chi connectivity index (χ4n) is 3.23. The molecule has 1 aromatic heterocycles. The standard InChI is InChI=1S/C16H28N4/c1-4-8-19-15(14-13-17-9-10-18-14)16(3,5-2)20-11-6-7-12-20/h9-10,13,15,19H,4-8,11-12H2,1-3H3. The van der Waals surface area contributed by atoms with Crippen molar-refractivity contribution in [2.75, 3.05) is 19.6 Å². The Labute approximate surface area is 123 Å². The minimum Gasteiger partial charge on any atom is -0.307 e. The van der Waals surface area contributed by atoms with Crippen LogP contribution in [0.3, 0.4) is 0 Å². The zero-order valence-corrected chi connectivity index (χ0v) is 13.1. The first-order chi connectivity index (χ1) is 9.72. The Bertz CT molecular complexity index is 389. The summed E-state index contributed by atoms with van der Waals surface area (Å²) in [6, 6.07) is 0.249. The SMILES string of the molecule is CCCNC(c1cnccn1)C(C)(CC)N1CCCC1. The van der Waals surface area contributed by atoms with Crippen LogP contribution in [0.25, 0.3) is 0 Å². The molecule has 0 aliphatic carbocycles. The molecule has 2 unspecified atom stereocenters. The molecule has 20 heavy (non-hydrogen) atoms. The molecule has 1 N–H and O–H groups in total. The number of hydrogen-bond donors (Lipinski definition) is 1. The summed E-state index contributed by atoms with van der Waals surface area (Å²) in [5.41, 5.74) is 1.18. The monoisotopic (exact) mass is 276 g/mol. The molecule has 2 rings (SSSR count). The smallest absolute Gasteiger partial charge is 0.0774 e. The largest absolute Gasteiger partial charge is 0.307 e. The second kappa shape index (κ2) is 7.14. The van der Waals surface area contributed by atoms with E-state index in [1.54, 1.807) is 12.4 Å². The molecule has 0 bridgehead atoms. The van der Waals surface area contributed by atoms with Crippen molar-refractivity contribution in [2.24, 2.45) is 0 Å². The maximum atomic E-state index is 4.57. The molecule has 4 heteroatoms. The van der Waals surface area contributed by atoms with E-state index in [1.807, 2.05) is 6.20 Å². The first-order valence-corrected chi connectivity index (χ1v) is 7.96. The molecule has 2 atom stereocenters. The van der Waals surface area contributed by atoms with Crippen molar-refractivity contribution in [3.8, 4) is 0 Å². The molecule has 112 valence electrons. The molecule has 0 aromatic carbocycles. The van der Waals surface area contributed by atoms with Crippen LogP contribution in [-0.2, 0) is 0 Å². The summed E-state index contributed by atoms with van der Waals surface area (Å²) < 4.78 is 0. The predicted molar refractivity (Wildman–Crippen MR) is 82.6 cm³/mol. The maximum Gasteiger partial charge on any atom is 0.0774 e. The Morgan fingerprint density at radius 1 is 1.30 bits per heavy atom. The highest BCUT2D eigenvalue weighted by Crippen LogP contribution is 2.35. The zero-order valence-electron chi connectivity index (χ0n) is 13.1. The van der Waals surface area contributed by atoms with Gasteiger partial charge in [-0.15, -0.1) is 0 Å². The van der Waals surface area contributed by atoms with Gasteiger partial charge in [0, 0.05) is 17.9 Å². The van der Waals surface area contributed by atoms with Crippen LogP contribution in [-0.4, -0.2) is 40.0 Å². The van der Waals surface area contributed by atoms with Gasteiger partial charge in [-0.25, -0.2) is 0 Å². The molecule has 0 radical (unpaired) electrons. The van der Waals surface area contributed by atoms with Crippen LogP contribution >= 0.6 is 0 Å². The highest BCUT2D eigenvalue weighted by molar-refractivity contribution is 5.12. The Hall–Kier alpha value is -1.00. The third kappa shape index (κ3) is 3.18. The lowest BCUT2D eigenvalue weighted by atomic mass is 9.85. The highest BCUT2D eigenvalue weighted by Gasteiger charge is 2.40. The van der Waals surface area contributed by atoms with E-state index >= 15 is 0 Å². The second-order valence-corrected chi connectivity index (χ2v) is 5.92. The van der Waals surface area contributed by atoms with Gasteiger partial charge in [-0.3, -0.25) is 14.9 Å². The zero-order chi connectivity index (χ0) is 14.4. The molecule has 4 nitrogen and oxygen atoms in total. The van der Waals surface area contributed by atoms with Gasteiger partial charge in [-0.05, 0) is 52.2 Å². The normalized spacial score (nSPS) is 20.8. The molecule has 0 saturated carbocycles. The number of hydrogen-bond acceptors (Lipinski definition) is 4. The van der Waals surface area contributed by atoms with Crippen LogP contribution in [0, 0.1) is 0 Å². The summed E-state index contributed by atoms with van der Waals surface area (Å²) in [4.78, 5) is 11.5. The average molecular weight is 276 g/mol. The van der Waals surface area contributed by atoms with Crippen molar-refractivity contribution in [2.45, 2.75) is 58.0 Å². The molecular formula is C16H28N4. The summed E-state index contributed by atoms with van der Waals surface area (Å²) in [5.74, 6) is 0. The molecule has 0 spiro atoms. The third-order valence-electron chi connectivity index (χ3n) is 4.64. The molecule has 1 saturated heterocycles. The quantitative estimate of drug-likeness (QED) is 0.831. The number of aromatic nitrogens is 2. The molecule has 1 aromatic rings. The maximum absolute atomic E-state index is 4.57. The summed E-state index contributed by atoms with van der Waals surface area (Å²) in [6.07, 6.45) is 10.3. The van der Waals surface area contributed by atoms with Crippen LogP contribution in [0.2, 0.25) is 0 Å². The fraction of sp³-hybridized carbons (Fsp3) is 0.750. The summed E-state index contributed by atoms with van der Waals surface area (Å²) in [6.45, 7) is 10.3. The lowest BCUT2D eigenvalue weighted by molar-refractivity contribution is 0.0820. The van der Waals surface area contributed by atoms with Gasteiger partial charge >= 0.3 is 0 Å². The van der Waals surface area contributed by atoms with Gasteiger partial charge in [-0.1, -0.05) is 13.8 Å². The average Bonchev–Trinajstić information content (AvgIpc) is 3.03. The summed E-state index contributed by atoms with van der Waals surface area (Å²) in [5, 5.41) is 3.71. The highest BCUT2D eigenvalue weighted by atomic mass is 15.2. The van der Waals surface area contributed by atoms with Gasteiger partial charge in [0.1, 0.15) is 0 Å². The minimum absolute atomic E-state index is 0.113. The van der Waals surface area contributed by atoms with E-state index in [0.29, 0.717) is 0 Å². The second-order valence-electron chi connectivity index (χ2n) is 5.92. The summed E-state index contributed by atoms with van der Waals surface area (Å²) in [7, 11) is 0. The predicted octanol–water partition coefficient (Wildman–Crippen LogP) is 2.78. The van der Waals surface area contributed by atoms with Crippen molar-refractivity contribution in [1.29, 1.82) is 0 Å². The van der Waals surface area contributed by atoms with Gasteiger partial charge in [0.25, 0.3) is 0 Å². The van der Waals surface area contributed by atoms with Gasteiger partial charge in [-0.2, -0.15) is 0 Å². The van der Waals surface area contributed by atoms with E-state index < -0.39 is 0 Å². The van der Waals surface area contributed by atoms with E-state index in [9.17, 15) is 0 Å². The van der Waals surface area contributed by atoms with Crippen molar-refractivity contribution in [3.63, 3.8) is 0 Å². The van der Waals surface area contributed by atoms with E-state index in [1.165, 1.54) is 25.9 Å². The van der Waals surface area contributed by atoms with Crippen LogP contribution in [0.15, 0.2) is 18.6 Å². The number of rotatable bonds is 7. The number of nitrogens with zero attached hydrogens (tertiary/aromatic N) is 3. The van der Waals surface area contributed by atoms with Gasteiger partial charge in [0.2, 0.25) is 0 Å². The van der Waals surface area contributed by atoms with Gasteiger partial charge in [0.15, 0.2) is 0 Å². The van der Waals surface area contributed by atoms with Crippen molar-refractivity contribution < 1.29 is 0 Å². The van der Waals surface area contributed by atoms with E-state index in [2.05, 4.69) is 41.0 Å². The Kier molecular flexibility index (Phi) is 5.49. The van der Waals surface area contributed by atoms with Crippen molar-refractivity contribution >= 4 is 0 Å². The molecule has 1 fully saturated rings. The molecule has 1 aliphatic rings. The molecular weight excluding hydrogens is 248 g/mol. The van der Waals surface area contributed by atoms with E-state index in [-0.39, 0.29) is 11.6 Å². The van der Waals surface area contributed by atoms with Crippen LogP contribution in [0.1, 0.15) is 58.2 Å². The minimum atomic E-state index is 0.113. The van der Waals surface area contributed by atoms with E-state index in [0.717, 1.165) is 25.1 Å². The lowest BCUT2D eigenvalue weighted by Gasteiger charge is -2.44. The van der Waals surface area contributed by atoms with Crippen LogP contribution in [0.4, 0.5) is 0 Å². The number of likely N-dealkylation sites (tertiary alicyclic amines) is 1. The molecule has 0 amide bonds. The van der Waals surface area contributed by atoms with Gasteiger partial charge < -0.3 is 5.32 Å². The first-order valence-electron chi connectivity index (χ1n) is 7.96. The Morgan fingerprint density at radius 3 is 2.60 bits per heavy atom. The molecule has 1 aliphatic heterocycles. The van der Waals surface area contributed by atoms with Crippen molar-refractivity contribution in [1.82, 2.24) is 20.2 Å². The topological polar surface area (TPSA) is 41.1 Å². The first kappa shape index (κ1) is 15.4. The molecule has 2 heterocycles. The Morgan fingerprint density at radius 2 is 2.05 bits per heavy atom. The van der Waals surface area contributed by atoms with Crippen LogP contribution in [0.5, 0.6) is 0 Å². The third-order valence-corrected chi connectivity index (χ3v) is 4.64. The number of nitrogens with one attached hydrogen (secondary N) is 1. The van der Waals surface area contributed by atoms with Crippen molar-refractivity contribution in [3.05, 3.63) is 24.3 Å². The lowest BCUT2D eigenvalue weighted by Crippen LogP contribution is -2.53. The van der Waals surface area contributed by atoms with E-state index in [4.69, 9.17) is 0 Å². The summed E-state index contributed by atoms with van der Waals surface area (Å²) >= 11 is 0.